The molecule has 0 aromatic heterocycles. The van der Waals surface area contributed by atoms with Crippen LogP contribution in [0.3, 0.4) is 0 Å². The Morgan fingerprint density at radius 3 is 2.89 bits per heavy atom. The van der Waals surface area contributed by atoms with Crippen LogP contribution in [0.25, 0.3) is 0 Å². The number of thioether (sulfide) groups is 1. The van der Waals surface area contributed by atoms with E-state index in [4.69, 9.17) is 4.74 Å². The van der Waals surface area contributed by atoms with Gasteiger partial charge in [-0.05, 0) is 12.8 Å². The smallest absolute Gasteiger partial charge is 0.239 e. The number of nitrogens with one attached hydrogen (secondary N) is 1. The van der Waals surface area contributed by atoms with E-state index in [1.807, 2.05) is 0 Å². The first-order valence-electron chi connectivity index (χ1n) is 6.44. The summed E-state index contributed by atoms with van der Waals surface area (Å²) in [5.41, 5.74) is 0. The topological polar surface area (TPSA) is 58.6 Å². The van der Waals surface area contributed by atoms with E-state index in [1.165, 1.54) is 0 Å². The van der Waals surface area contributed by atoms with Crippen molar-refractivity contribution < 1.29 is 14.3 Å². The van der Waals surface area contributed by atoms with Crippen molar-refractivity contribution in [1.82, 2.24) is 10.2 Å². The molecule has 104 valence electrons. The second-order valence-corrected chi connectivity index (χ2v) is 5.19. The summed E-state index contributed by atoms with van der Waals surface area (Å²) in [7, 11) is 0. The van der Waals surface area contributed by atoms with Gasteiger partial charge in [0.1, 0.15) is 6.54 Å². The minimum Gasteiger partial charge on any atom is -0.381 e. The first-order valence-corrected chi connectivity index (χ1v) is 7.59. The van der Waals surface area contributed by atoms with E-state index in [9.17, 15) is 9.59 Å². The lowest BCUT2D eigenvalue weighted by atomic mass is 10.3. The van der Waals surface area contributed by atoms with Crippen molar-refractivity contribution >= 4 is 23.6 Å². The lowest BCUT2D eigenvalue weighted by Crippen LogP contribution is -2.38. The molecule has 0 radical (unpaired) electrons. The van der Waals surface area contributed by atoms with Crippen molar-refractivity contribution in [2.24, 2.45) is 0 Å². The summed E-state index contributed by atoms with van der Waals surface area (Å²) in [6, 6.07) is 0. The largest absolute Gasteiger partial charge is 0.381 e. The van der Waals surface area contributed by atoms with Crippen LogP contribution in [-0.2, 0) is 14.3 Å². The monoisotopic (exact) mass is 274 g/mol. The molecule has 0 aliphatic carbocycles. The minimum absolute atomic E-state index is 0.0537. The van der Waals surface area contributed by atoms with Crippen molar-refractivity contribution in [1.29, 1.82) is 0 Å². The third-order valence-corrected chi connectivity index (χ3v) is 3.54. The second-order valence-electron chi connectivity index (χ2n) is 4.24. The molecule has 5 nitrogen and oxygen atoms in total. The molecule has 1 aliphatic rings. The Morgan fingerprint density at radius 1 is 1.44 bits per heavy atom. The van der Waals surface area contributed by atoms with E-state index in [1.54, 1.807) is 16.7 Å². The van der Waals surface area contributed by atoms with Crippen LogP contribution in [0.15, 0.2) is 0 Å². The number of hydrogen-bond acceptors (Lipinski definition) is 4. The Hall–Kier alpha value is -0.750. The highest BCUT2D eigenvalue weighted by molar-refractivity contribution is 8.00. The van der Waals surface area contributed by atoms with Gasteiger partial charge in [-0.1, -0.05) is 13.3 Å². The van der Waals surface area contributed by atoms with E-state index >= 15 is 0 Å². The van der Waals surface area contributed by atoms with Gasteiger partial charge >= 0.3 is 0 Å². The maximum Gasteiger partial charge on any atom is 0.239 e. The SMILES string of the molecule is CCCCOCCCNC(=O)CN1CSCC1=O. The Labute approximate surface area is 113 Å². The zero-order chi connectivity index (χ0) is 13.2. The van der Waals surface area contributed by atoms with E-state index < -0.39 is 0 Å². The van der Waals surface area contributed by atoms with Crippen LogP contribution in [0, 0.1) is 0 Å². The van der Waals surface area contributed by atoms with Crippen LogP contribution in [0.5, 0.6) is 0 Å². The Morgan fingerprint density at radius 2 is 2.22 bits per heavy atom. The quantitative estimate of drug-likeness (QED) is 0.633. The number of nitrogens with zero attached hydrogens (tertiary/aromatic N) is 1. The maximum atomic E-state index is 11.5. The molecule has 0 bridgehead atoms. The molecule has 2 amide bonds. The van der Waals surface area contributed by atoms with Crippen LogP contribution in [0.1, 0.15) is 26.2 Å². The van der Waals surface area contributed by atoms with Crippen LogP contribution >= 0.6 is 11.8 Å². The van der Waals surface area contributed by atoms with Gasteiger partial charge in [0.25, 0.3) is 0 Å². The number of amides is 2. The summed E-state index contributed by atoms with van der Waals surface area (Å²) in [4.78, 5) is 24.4. The fourth-order valence-corrected chi connectivity index (χ4v) is 2.42. The standard InChI is InChI=1S/C12H22N2O3S/c1-2-3-6-17-7-4-5-13-11(15)8-14-10-18-9-12(14)16/h2-10H2,1H3,(H,13,15). The first-order chi connectivity index (χ1) is 8.74. The molecule has 0 saturated carbocycles. The Kier molecular flexibility index (Phi) is 7.84. The van der Waals surface area contributed by atoms with Crippen LogP contribution in [0.2, 0.25) is 0 Å². The summed E-state index contributed by atoms with van der Waals surface area (Å²) >= 11 is 1.55. The van der Waals surface area contributed by atoms with Gasteiger partial charge in [0.2, 0.25) is 11.8 Å². The molecule has 1 rings (SSSR count). The molecule has 0 atom stereocenters. The van der Waals surface area contributed by atoms with Gasteiger partial charge < -0.3 is 15.0 Å². The predicted octanol–water partition coefficient (Wildman–Crippen LogP) is 0.842. The third kappa shape index (κ3) is 6.26. The number of rotatable bonds is 9. The summed E-state index contributed by atoms with van der Waals surface area (Å²) in [5.74, 6) is 1.10. The van der Waals surface area contributed by atoms with Crippen molar-refractivity contribution in [2.75, 3.05) is 37.9 Å². The zero-order valence-electron chi connectivity index (χ0n) is 10.9. The molecule has 6 heteroatoms. The molecular formula is C12H22N2O3S. The normalized spacial score (nSPS) is 15.2. The predicted molar refractivity (Wildman–Crippen MR) is 72.4 cm³/mol. The Balaban J connectivity index is 1.95. The van der Waals surface area contributed by atoms with E-state index in [0.717, 1.165) is 25.9 Å². The molecule has 18 heavy (non-hydrogen) atoms. The fraction of sp³-hybridized carbons (Fsp3) is 0.833. The molecule has 1 fully saturated rings. The summed E-state index contributed by atoms with van der Waals surface area (Å²) < 4.78 is 5.39. The lowest BCUT2D eigenvalue weighted by Gasteiger charge is -2.14. The van der Waals surface area contributed by atoms with Gasteiger partial charge in [-0.2, -0.15) is 0 Å². The van der Waals surface area contributed by atoms with E-state index in [2.05, 4.69) is 12.2 Å². The van der Waals surface area contributed by atoms with Crippen molar-refractivity contribution in [3.05, 3.63) is 0 Å². The number of carbonyl (C=O) groups is 2. The number of carbonyl (C=O) groups excluding carboxylic acids is 2. The van der Waals surface area contributed by atoms with Gasteiger partial charge in [-0.25, -0.2) is 0 Å². The van der Waals surface area contributed by atoms with Crippen LogP contribution in [-0.4, -0.2) is 54.6 Å². The average Bonchev–Trinajstić information content (AvgIpc) is 2.74. The van der Waals surface area contributed by atoms with E-state index in [-0.39, 0.29) is 18.4 Å². The summed E-state index contributed by atoms with van der Waals surface area (Å²) in [6.07, 6.45) is 3.04. The van der Waals surface area contributed by atoms with Crippen molar-refractivity contribution in [3.8, 4) is 0 Å². The molecular weight excluding hydrogens is 252 g/mol. The van der Waals surface area contributed by atoms with Gasteiger partial charge in [0.15, 0.2) is 0 Å². The fourth-order valence-electron chi connectivity index (χ4n) is 1.52. The summed E-state index contributed by atoms with van der Waals surface area (Å²) in [6.45, 7) is 4.40. The van der Waals surface area contributed by atoms with Gasteiger partial charge in [0.05, 0.1) is 11.6 Å². The molecule has 0 aromatic carbocycles. The zero-order valence-corrected chi connectivity index (χ0v) is 11.8. The minimum atomic E-state index is -0.0839. The highest BCUT2D eigenvalue weighted by Gasteiger charge is 2.22. The van der Waals surface area contributed by atoms with Crippen LogP contribution < -0.4 is 5.32 Å². The number of unbranched alkanes of at least 4 members (excludes halogenated alkanes) is 1. The molecule has 1 heterocycles. The number of ether oxygens (including phenoxy) is 1. The number of hydrogen-bond donors (Lipinski definition) is 1. The molecule has 1 saturated heterocycles. The van der Waals surface area contributed by atoms with Crippen LogP contribution in [0.4, 0.5) is 0 Å². The Bertz CT molecular complexity index is 274. The van der Waals surface area contributed by atoms with E-state index in [0.29, 0.717) is 24.8 Å². The summed E-state index contributed by atoms with van der Waals surface area (Å²) in [5, 5.41) is 2.80. The molecule has 0 aromatic rings. The highest BCUT2D eigenvalue weighted by Crippen LogP contribution is 2.13. The lowest BCUT2D eigenvalue weighted by molar-refractivity contribution is -0.132. The van der Waals surface area contributed by atoms with Gasteiger partial charge in [0, 0.05) is 19.8 Å². The molecule has 1 N–H and O–H groups in total. The molecule has 0 spiro atoms. The second kappa shape index (κ2) is 9.22. The molecule has 1 aliphatic heterocycles. The first kappa shape index (κ1) is 15.3. The average molecular weight is 274 g/mol. The van der Waals surface area contributed by atoms with Gasteiger partial charge in [-0.15, -0.1) is 11.8 Å². The maximum absolute atomic E-state index is 11.5. The van der Waals surface area contributed by atoms with Crippen molar-refractivity contribution in [3.63, 3.8) is 0 Å². The van der Waals surface area contributed by atoms with Crippen molar-refractivity contribution in [2.45, 2.75) is 26.2 Å². The molecule has 0 unspecified atom stereocenters. The third-order valence-electron chi connectivity index (χ3n) is 2.59. The highest BCUT2D eigenvalue weighted by atomic mass is 32.2. The van der Waals surface area contributed by atoms with Gasteiger partial charge in [-0.3, -0.25) is 9.59 Å².